The molecule has 1 heterocycles. The van der Waals surface area contributed by atoms with Crippen LogP contribution in [0.5, 0.6) is 0 Å². The van der Waals surface area contributed by atoms with Gasteiger partial charge in [-0.05, 0) is 24.6 Å². The van der Waals surface area contributed by atoms with Crippen LogP contribution in [-0.2, 0) is 4.79 Å². The second-order valence-electron chi connectivity index (χ2n) is 4.34. The molecular formula is C14H14BrNO. The molecule has 0 N–H and O–H groups in total. The molecule has 1 saturated heterocycles. The van der Waals surface area contributed by atoms with Crippen LogP contribution in [0.4, 0.5) is 0 Å². The molecule has 1 fully saturated rings. The number of terminal acetylenes is 1. The summed E-state index contributed by atoms with van der Waals surface area (Å²) >= 11 is 3.40. The van der Waals surface area contributed by atoms with E-state index in [9.17, 15) is 4.79 Å². The third-order valence-corrected chi connectivity index (χ3v) is 3.74. The molecule has 0 aliphatic carbocycles. The van der Waals surface area contributed by atoms with E-state index in [0.717, 1.165) is 10.0 Å². The van der Waals surface area contributed by atoms with Crippen molar-refractivity contribution in [3.63, 3.8) is 0 Å². The number of nitrogens with zero attached hydrogens (tertiary/aromatic N) is 1. The van der Waals surface area contributed by atoms with Crippen LogP contribution in [0.15, 0.2) is 28.7 Å². The lowest BCUT2D eigenvalue weighted by Crippen LogP contribution is -2.28. The fraction of sp³-hybridized carbons (Fsp3) is 0.357. The number of hydrogen-bond acceptors (Lipinski definition) is 1. The van der Waals surface area contributed by atoms with Crippen molar-refractivity contribution in [2.24, 2.45) is 5.92 Å². The third-order valence-electron chi connectivity index (χ3n) is 3.21. The van der Waals surface area contributed by atoms with Gasteiger partial charge in [-0.2, -0.15) is 0 Å². The molecule has 0 saturated carbocycles. The SMILES string of the molecule is C#CC1CC(=O)N([C@@H](C)c2ccc(Br)cc2)C1. The summed E-state index contributed by atoms with van der Waals surface area (Å²) in [6.07, 6.45) is 5.87. The standard InChI is InChI=1S/C14H14BrNO/c1-3-11-8-14(17)16(9-11)10(2)12-4-6-13(15)7-5-12/h1,4-7,10-11H,8-9H2,2H3/t10-,11?/m0/s1. The number of likely N-dealkylation sites (tertiary alicyclic amines) is 1. The Hall–Kier alpha value is -1.27. The highest BCUT2D eigenvalue weighted by atomic mass is 79.9. The zero-order chi connectivity index (χ0) is 12.4. The van der Waals surface area contributed by atoms with Crippen molar-refractivity contribution < 1.29 is 4.79 Å². The van der Waals surface area contributed by atoms with Crippen LogP contribution in [0.1, 0.15) is 24.9 Å². The molecule has 1 aliphatic heterocycles. The number of amides is 1. The molecule has 1 amide bonds. The van der Waals surface area contributed by atoms with Crippen molar-refractivity contribution in [3.05, 3.63) is 34.3 Å². The first kappa shape index (κ1) is 12.2. The fourth-order valence-corrected chi connectivity index (χ4v) is 2.40. The summed E-state index contributed by atoms with van der Waals surface area (Å²) in [7, 11) is 0. The molecule has 1 aromatic rings. The summed E-state index contributed by atoms with van der Waals surface area (Å²) in [4.78, 5) is 13.7. The van der Waals surface area contributed by atoms with E-state index in [1.54, 1.807) is 0 Å². The molecule has 17 heavy (non-hydrogen) atoms. The Morgan fingerprint density at radius 2 is 2.12 bits per heavy atom. The van der Waals surface area contributed by atoms with Crippen molar-refractivity contribution in [2.45, 2.75) is 19.4 Å². The first-order valence-electron chi connectivity index (χ1n) is 5.63. The largest absolute Gasteiger partial charge is 0.335 e. The van der Waals surface area contributed by atoms with E-state index in [1.165, 1.54) is 0 Å². The van der Waals surface area contributed by atoms with Crippen LogP contribution in [0.2, 0.25) is 0 Å². The van der Waals surface area contributed by atoms with E-state index < -0.39 is 0 Å². The number of carbonyl (C=O) groups excluding carboxylic acids is 1. The van der Waals surface area contributed by atoms with Gasteiger partial charge in [0.05, 0.1) is 6.04 Å². The molecular weight excluding hydrogens is 278 g/mol. The average Bonchev–Trinajstić information content (AvgIpc) is 2.71. The van der Waals surface area contributed by atoms with E-state index in [-0.39, 0.29) is 17.9 Å². The molecule has 0 spiro atoms. The minimum atomic E-state index is 0.0698. The van der Waals surface area contributed by atoms with Gasteiger partial charge >= 0.3 is 0 Å². The normalized spacial score (nSPS) is 21.4. The topological polar surface area (TPSA) is 20.3 Å². The third kappa shape index (κ3) is 2.53. The maximum absolute atomic E-state index is 11.8. The molecule has 0 radical (unpaired) electrons. The quantitative estimate of drug-likeness (QED) is 0.767. The molecule has 88 valence electrons. The molecule has 1 unspecified atom stereocenters. The van der Waals surface area contributed by atoms with Crippen LogP contribution in [0.25, 0.3) is 0 Å². The van der Waals surface area contributed by atoms with Gasteiger partial charge in [-0.1, -0.05) is 28.1 Å². The first-order chi connectivity index (χ1) is 8.11. The summed E-state index contributed by atoms with van der Waals surface area (Å²) in [6, 6.07) is 8.14. The van der Waals surface area contributed by atoms with Gasteiger partial charge in [-0.25, -0.2) is 0 Å². The predicted molar refractivity (Wildman–Crippen MR) is 71.2 cm³/mol. The Kier molecular flexibility index (Phi) is 3.54. The highest BCUT2D eigenvalue weighted by Gasteiger charge is 2.31. The second kappa shape index (κ2) is 4.93. The summed E-state index contributed by atoms with van der Waals surface area (Å²) < 4.78 is 1.04. The Morgan fingerprint density at radius 3 is 2.65 bits per heavy atom. The van der Waals surface area contributed by atoms with Crippen LogP contribution in [-0.4, -0.2) is 17.4 Å². The molecule has 2 nitrogen and oxygen atoms in total. The molecule has 1 aromatic carbocycles. The van der Waals surface area contributed by atoms with Crippen molar-refractivity contribution in [1.29, 1.82) is 0 Å². The highest BCUT2D eigenvalue weighted by Crippen LogP contribution is 2.28. The lowest BCUT2D eigenvalue weighted by atomic mass is 10.1. The maximum atomic E-state index is 11.8. The zero-order valence-electron chi connectivity index (χ0n) is 9.69. The number of rotatable bonds is 2. The van der Waals surface area contributed by atoms with Gasteiger partial charge in [0.25, 0.3) is 0 Å². The van der Waals surface area contributed by atoms with E-state index in [4.69, 9.17) is 6.42 Å². The minimum Gasteiger partial charge on any atom is -0.335 e. The van der Waals surface area contributed by atoms with Crippen LogP contribution < -0.4 is 0 Å². The van der Waals surface area contributed by atoms with Crippen molar-refractivity contribution in [3.8, 4) is 12.3 Å². The van der Waals surface area contributed by atoms with Crippen molar-refractivity contribution in [2.75, 3.05) is 6.54 Å². The van der Waals surface area contributed by atoms with Gasteiger partial charge in [0.15, 0.2) is 0 Å². The first-order valence-corrected chi connectivity index (χ1v) is 6.42. The number of hydrogen-bond donors (Lipinski definition) is 0. The summed E-state index contributed by atoms with van der Waals surface area (Å²) in [6.45, 7) is 2.71. The van der Waals surface area contributed by atoms with E-state index in [2.05, 4.69) is 21.9 Å². The highest BCUT2D eigenvalue weighted by molar-refractivity contribution is 9.10. The van der Waals surface area contributed by atoms with E-state index in [0.29, 0.717) is 13.0 Å². The Bertz CT molecular complexity index is 460. The molecule has 1 aliphatic rings. The van der Waals surface area contributed by atoms with Gasteiger partial charge in [0, 0.05) is 23.4 Å². The number of halogens is 1. The van der Waals surface area contributed by atoms with Crippen molar-refractivity contribution >= 4 is 21.8 Å². The van der Waals surface area contributed by atoms with Gasteiger partial charge in [-0.3, -0.25) is 4.79 Å². The lowest BCUT2D eigenvalue weighted by Gasteiger charge is -2.24. The Morgan fingerprint density at radius 1 is 1.47 bits per heavy atom. The van der Waals surface area contributed by atoms with Gasteiger partial charge in [0.2, 0.25) is 5.91 Å². The molecule has 2 rings (SSSR count). The van der Waals surface area contributed by atoms with Gasteiger partial charge in [-0.15, -0.1) is 12.3 Å². The van der Waals surface area contributed by atoms with E-state index in [1.807, 2.05) is 36.1 Å². The molecule has 3 heteroatoms. The predicted octanol–water partition coefficient (Wildman–Crippen LogP) is 2.99. The van der Waals surface area contributed by atoms with Gasteiger partial charge < -0.3 is 4.90 Å². The monoisotopic (exact) mass is 291 g/mol. The number of carbonyl (C=O) groups is 1. The summed E-state index contributed by atoms with van der Waals surface area (Å²) in [5.41, 5.74) is 1.14. The van der Waals surface area contributed by atoms with Crippen LogP contribution >= 0.6 is 15.9 Å². The summed E-state index contributed by atoms with van der Waals surface area (Å²) in [5.74, 6) is 2.90. The average molecular weight is 292 g/mol. The minimum absolute atomic E-state index is 0.0698. The second-order valence-corrected chi connectivity index (χ2v) is 5.26. The van der Waals surface area contributed by atoms with Crippen molar-refractivity contribution in [1.82, 2.24) is 4.90 Å². The smallest absolute Gasteiger partial charge is 0.224 e. The molecule has 0 aromatic heterocycles. The zero-order valence-corrected chi connectivity index (χ0v) is 11.3. The lowest BCUT2D eigenvalue weighted by molar-refractivity contribution is -0.129. The van der Waals surface area contributed by atoms with Crippen LogP contribution in [0, 0.1) is 18.3 Å². The Labute approximate surface area is 110 Å². The van der Waals surface area contributed by atoms with Crippen LogP contribution in [0.3, 0.4) is 0 Å². The maximum Gasteiger partial charge on any atom is 0.224 e. The molecule has 2 atom stereocenters. The number of benzene rings is 1. The molecule has 0 bridgehead atoms. The van der Waals surface area contributed by atoms with Gasteiger partial charge in [0.1, 0.15) is 0 Å². The summed E-state index contributed by atoms with van der Waals surface area (Å²) in [5, 5.41) is 0. The van der Waals surface area contributed by atoms with E-state index >= 15 is 0 Å². The fourth-order valence-electron chi connectivity index (χ4n) is 2.14. The Balaban J connectivity index is 2.16.